The lowest BCUT2D eigenvalue weighted by Crippen LogP contribution is -2.16. The van der Waals surface area contributed by atoms with Gasteiger partial charge in [-0.2, -0.15) is 0 Å². The van der Waals surface area contributed by atoms with Crippen LogP contribution in [0.2, 0.25) is 0 Å². The first kappa shape index (κ1) is 19.2. The van der Waals surface area contributed by atoms with E-state index in [4.69, 9.17) is 0 Å². The standard InChI is InChI=1S/C23H29N3O.H2/c1-4-6-9-20-18(5-2)19-16-17(3)11-12-21(19)26(20)15-13-23(27)25-22-10-7-8-14-24-22;/h7-8,10-12,14,16H,4-6,9,13,15H2,1-3H3,(H,24,25,27);1H. The molecule has 0 bridgehead atoms. The van der Waals surface area contributed by atoms with Gasteiger partial charge in [-0.3, -0.25) is 4.79 Å². The zero-order valence-corrected chi connectivity index (χ0v) is 16.6. The van der Waals surface area contributed by atoms with Crippen molar-refractivity contribution in [3.05, 3.63) is 59.4 Å². The highest BCUT2D eigenvalue weighted by atomic mass is 16.1. The molecule has 1 N–H and O–H groups in total. The van der Waals surface area contributed by atoms with Gasteiger partial charge in [0.15, 0.2) is 0 Å². The number of carbonyl (C=O) groups is 1. The fourth-order valence-electron chi connectivity index (χ4n) is 3.73. The molecule has 3 rings (SSSR count). The summed E-state index contributed by atoms with van der Waals surface area (Å²) in [4.78, 5) is 16.6. The number of benzene rings is 1. The van der Waals surface area contributed by atoms with Crippen molar-refractivity contribution in [3.8, 4) is 0 Å². The Labute approximate surface area is 163 Å². The SMILES string of the molecule is CCCCc1c(CC)c2cc(C)ccc2n1CCC(=O)Nc1ccccn1.[HH]. The Kier molecular flexibility index (Phi) is 6.28. The molecular weight excluding hydrogens is 334 g/mol. The van der Waals surface area contributed by atoms with E-state index in [-0.39, 0.29) is 7.33 Å². The maximum Gasteiger partial charge on any atom is 0.227 e. The predicted molar refractivity (Wildman–Crippen MR) is 114 cm³/mol. The number of aryl methyl sites for hydroxylation is 3. The van der Waals surface area contributed by atoms with Gasteiger partial charge in [0, 0.05) is 37.2 Å². The van der Waals surface area contributed by atoms with Crippen molar-refractivity contribution >= 4 is 22.6 Å². The van der Waals surface area contributed by atoms with Crippen molar-refractivity contribution in [2.75, 3.05) is 5.32 Å². The summed E-state index contributed by atoms with van der Waals surface area (Å²) in [6, 6.07) is 12.2. The molecule has 0 fully saturated rings. The van der Waals surface area contributed by atoms with Gasteiger partial charge in [-0.25, -0.2) is 4.98 Å². The topological polar surface area (TPSA) is 46.9 Å². The maximum atomic E-state index is 12.4. The molecule has 0 spiro atoms. The number of aromatic nitrogens is 2. The average Bonchev–Trinajstić information content (AvgIpc) is 2.97. The van der Waals surface area contributed by atoms with Crippen molar-refractivity contribution in [2.24, 2.45) is 0 Å². The van der Waals surface area contributed by atoms with Crippen molar-refractivity contribution < 1.29 is 6.22 Å². The van der Waals surface area contributed by atoms with Crippen LogP contribution in [0.3, 0.4) is 0 Å². The van der Waals surface area contributed by atoms with Crippen molar-refractivity contribution in [1.82, 2.24) is 9.55 Å². The van der Waals surface area contributed by atoms with Crippen LogP contribution in [0.5, 0.6) is 0 Å². The summed E-state index contributed by atoms with van der Waals surface area (Å²) in [5.74, 6) is 0.609. The molecule has 0 saturated heterocycles. The summed E-state index contributed by atoms with van der Waals surface area (Å²) in [6.07, 6.45) is 6.55. The number of hydrogen-bond donors (Lipinski definition) is 1. The summed E-state index contributed by atoms with van der Waals surface area (Å²) in [5.41, 5.74) is 5.36. The van der Waals surface area contributed by atoms with E-state index in [0.29, 0.717) is 18.8 Å². The number of amides is 1. The van der Waals surface area contributed by atoms with E-state index in [9.17, 15) is 4.79 Å². The molecule has 0 radical (unpaired) electrons. The number of nitrogens with one attached hydrogen (secondary N) is 1. The molecule has 0 saturated carbocycles. The molecule has 0 aliphatic carbocycles. The Balaban J connectivity index is 0.00000280. The van der Waals surface area contributed by atoms with Crippen LogP contribution >= 0.6 is 0 Å². The highest BCUT2D eigenvalue weighted by Crippen LogP contribution is 2.29. The number of anilines is 1. The van der Waals surface area contributed by atoms with E-state index in [1.807, 2.05) is 18.2 Å². The number of hydrogen-bond acceptors (Lipinski definition) is 2. The van der Waals surface area contributed by atoms with E-state index in [2.05, 4.69) is 53.8 Å². The number of carbonyl (C=O) groups excluding carboxylic acids is 1. The molecular formula is C23H31N3O. The average molecular weight is 366 g/mol. The molecule has 4 heteroatoms. The lowest BCUT2D eigenvalue weighted by Gasteiger charge is -2.12. The fourth-order valence-corrected chi connectivity index (χ4v) is 3.73. The van der Waals surface area contributed by atoms with Gasteiger partial charge in [0.2, 0.25) is 5.91 Å². The zero-order valence-electron chi connectivity index (χ0n) is 16.6. The van der Waals surface area contributed by atoms with Crippen LogP contribution in [-0.4, -0.2) is 15.5 Å². The summed E-state index contributed by atoms with van der Waals surface area (Å²) < 4.78 is 2.36. The number of nitrogens with zero attached hydrogens (tertiary/aromatic N) is 2. The number of pyridine rings is 1. The normalized spacial score (nSPS) is 11.1. The van der Waals surface area contributed by atoms with E-state index in [1.54, 1.807) is 6.20 Å². The third-order valence-corrected chi connectivity index (χ3v) is 5.06. The molecule has 27 heavy (non-hydrogen) atoms. The van der Waals surface area contributed by atoms with Crippen LogP contribution in [0.1, 0.15) is 51.4 Å². The van der Waals surface area contributed by atoms with Gasteiger partial charge >= 0.3 is 0 Å². The fraction of sp³-hybridized carbons (Fsp3) is 0.391. The minimum absolute atomic E-state index is 0. The second kappa shape index (κ2) is 8.85. The monoisotopic (exact) mass is 365 g/mol. The van der Waals surface area contributed by atoms with E-state index in [0.717, 1.165) is 12.8 Å². The first-order valence-electron chi connectivity index (χ1n) is 9.95. The molecule has 2 heterocycles. The molecule has 0 unspecified atom stereocenters. The quantitative estimate of drug-likeness (QED) is 0.571. The van der Waals surface area contributed by atoms with Crippen LogP contribution in [0, 0.1) is 6.92 Å². The molecule has 1 amide bonds. The second-order valence-corrected chi connectivity index (χ2v) is 7.07. The molecule has 0 aliphatic rings. The van der Waals surface area contributed by atoms with Gasteiger partial charge < -0.3 is 9.88 Å². The molecule has 0 atom stereocenters. The number of unbranched alkanes of at least 4 members (excludes halogenated alkanes) is 1. The largest absolute Gasteiger partial charge is 0.344 e. The Morgan fingerprint density at radius 1 is 1.22 bits per heavy atom. The minimum Gasteiger partial charge on any atom is -0.344 e. The Hall–Kier alpha value is -2.62. The van der Waals surface area contributed by atoms with E-state index < -0.39 is 0 Å². The first-order valence-corrected chi connectivity index (χ1v) is 9.95. The van der Waals surface area contributed by atoms with Crippen LogP contribution in [0.25, 0.3) is 10.9 Å². The lowest BCUT2D eigenvalue weighted by atomic mass is 10.0. The maximum absolute atomic E-state index is 12.4. The van der Waals surface area contributed by atoms with Crippen LogP contribution < -0.4 is 5.32 Å². The zero-order chi connectivity index (χ0) is 19.2. The Bertz CT molecular complexity index is 918. The summed E-state index contributed by atoms with van der Waals surface area (Å²) in [6.45, 7) is 7.28. The first-order chi connectivity index (χ1) is 13.1. The minimum atomic E-state index is 0. The van der Waals surface area contributed by atoms with Crippen molar-refractivity contribution in [3.63, 3.8) is 0 Å². The van der Waals surface area contributed by atoms with Gasteiger partial charge in [-0.15, -0.1) is 0 Å². The van der Waals surface area contributed by atoms with Crippen molar-refractivity contribution in [2.45, 2.75) is 59.4 Å². The third kappa shape index (κ3) is 4.38. The number of fused-ring (bicyclic) bond motifs is 1. The third-order valence-electron chi connectivity index (χ3n) is 5.06. The second-order valence-electron chi connectivity index (χ2n) is 7.07. The van der Waals surface area contributed by atoms with E-state index >= 15 is 0 Å². The summed E-state index contributed by atoms with van der Waals surface area (Å²) in [7, 11) is 0. The summed E-state index contributed by atoms with van der Waals surface area (Å²) >= 11 is 0. The van der Waals surface area contributed by atoms with Gasteiger partial charge in [-0.1, -0.05) is 38.0 Å². The lowest BCUT2D eigenvalue weighted by molar-refractivity contribution is -0.116. The highest BCUT2D eigenvalue weighted by molar-refractivity contribution is 5.90. The molecule has 4 nitrogen and oxygen atoms in total. The van der Waals surface area contributed by atoms with Gasteiger partial charge in [0.05, 0.1) is 0 Å². The smallest absolute Gasteiger partial charge is 0.227 e. The predicted octanol–water partition coefficient (Wildman–Crippen LogP) is 5.52. The van der Waals surface area contributed by atoms with Crippen LogP contribution in [-0.2, 0) is 24.2 Å². The number of rotatable bonds is 8. The Morgan fingerprint density at radius 2 is 2.07 bits per heavy atom. The molecule has 1 aromatic carbocycles. The molecule has 144 valence electrons. The van der Waals surface area contributed by atoms with Crippen LogP contribution in [0.4, 0.5) is 5.82 Å². The van der Waals surface area contributed by atoms with Crippen molar-refractivity contribution in [1.29, 1.82) is 0 Å². The molecule has 0 aliphatic heterocycles. The summed E-state index contributed by atoms with van der Waals surface area (Å²) in [5, 5.41) is 4.23. The van der Waals surface area contributed by atoms with E-state index in [1.165, 1.54) is 40.6 Å². The van der Waals surface area contributed by atoms with Gasteiger partial charge in [-0.05, 0) is 56.0 Å². The highest BCUT2D eigenvalue weighted by Gasteiger charge is 2.16. The van der Waals surface area contributed by atoms with Gasteiger partial charge in [0.1, 0.15) is 5.82 Å². The molecule has 2 aromatic heterocycles. The van der Waals surface area contributed by atoms with Gasteiger partial charge in [0.25, 0.3) is 0 Å². The Morgan fingerprint density at radius 3 is 2.78 bits per heavy atom. The van der Waals surface area contributed by atoms with Crippen LogP contribution in [0.15, 0.2) is 42.6 Å². The molecule has 3 aromatic rings.